The summed E-state index contributed by atoms with van der Waals surface area (Å²) in [4.78, 5) is 28.4. The van der Waals surface area contributed by atoms with Crippen molar-refractivity contribution in [2.45, 2.75) is 32.4 Å². The van der Waals surface area contributed by atoms with E-state index in [4.69, 9.17) is 14.5 Å². The number of aromatic nitrogens is 3. The Labute approximate surface area is 203 Å². The summed E-state index contributed by atoms with van der Waals surface area (Å²) in [5.74, 6) is 1.34. The van der Waals surface area contributed by atoms with Gasteiger partial charge in [0.25, 0.3) is 5.91 Å². The number of aliphatic hydroxyl groups is 1. The molecule has 10 heteroatoms. The highest BCUT2D eigenvalue weighted by atomic mass is 16.5. The Balaban J connectivity index is 1.50. The summed E-state index contributed by atoms with van der Waals surface area (Å²) in [6, 6.07) is 7.16. The van der Waals surface area contributed by atoms with Crippen LogP contribution in [0.1, 0.15) is 28.9 Å². The molecule has 2 aliphatic rings. The van der Waals surface area contributed by atoms with Crippen LogP contribution in [0.25, 0.3) is 10.9 Å². The van der Waals surface area contributed by atoms with Crippen LogP contribution in [-0.2, 0) is 6.54 Å². The number of aliphatic hydroxyl groups excluding tert-OH is 1. The zero-order chi connectivity index (χ0) is 24.4. The van der Waals surface area contributed by atoms with Crippen molar-refractivity contribution in [2.75, 3.05) is 45.2 Å². The summed E-state index contributed by atoms with van der Waals surface area (Å²) in [5, 5.41) is 14.7. The van der Waals surface area contributed by atoms with E-state index in [2.05, 4.69) is 20.2 Å². The van der Waals surface area contributed by atoms with E-state index in [0.717, 1.165) is 24.3 Å². The lowest BCUT2D eigenvalue weighted by Gasteiger charge is -2.20. The number of likely N-dealkylation sites (tertiary alicyclic amines) is 1. The molecule has 10 nitrogen and oxygen atoms in total. The monoisotopic (exact) mass is 478 g/mol. The Morgan fingerprint density at radius 2 is 2.09 bits per heavy atom. The molecule has 0 radical (unpaired) electrons. The van der Waals surface area contributed by atoms with Crippen molar-refractivity contribution in [2.24, 2.45) is 4.99 Å². The average Bonchev–Trinajstić information content (AvgIpc) is 3.55. The molecule has 1 saturated heterocycles. The first-order chi connectivity index (χ1) is 17.0. The van der Waals surface area contributed by atoms with E-state index in [1.807, 2.05) is 16.7 Å². The second-order valence-electron chi connectivity index (χ2n) is 8.86. The van der Waals surface area contributed by atoms with Crippen molar-refractivity contribution < 1.29 is 19.4 Å². The van der Waals surface area contributed by atoms with E-state index in [0.29, 0.717) is 47.9 Å². The number of anilines is 1. The van der Waals surface area contributed by atoms with Crippen LogP contribution in [-0.4, -0.2) is 76.4 Å². The lowest BCUT2D eigenvalue weighted by atomic mass is 10.2. The highest BCUT2D eigenvalue weighted by Crippen LogP contribution is 2.37. The summed E-state index contributed by atoms with van der Waals surface area (Å²) in [5.41, 5.74) is 1.87. The number of hydrogen-bond donors (Lipinski definition) is 2. The number of nitrogens with zero attached hydrogens (tertiary/aromatic N) is 5. The van der Waals surface area contributed by atoms with E-state index < -0.39 is 12.0 Å². The number of pyridine rings is 1. The smallest absolute Gasteiger partial charge is 0.282 e. The number of nitrogens with one attached hydrogen (secondary N) is 1. The average molecular weight is 479 g/mol. The summed E-state index contributed by atoms with van der Waals surface area (Å²) < 4.78 is 13.5. The van der Waals surface area contributed by atoms with Gasteiger partial charge in [-0.25, -0.2) is 4.98 Å². The van der Waals surface area contributed by atoms with E-state index in [9.17, 15) is 9.90 Å². The summed E-state index contributed by atoms with van der Waals surface area (Å²) >= 11 is 0. The Kier molecular flexibility index (Phi) is 6.65. The van der Waals surface area contributed by atoms with Gasteiger partial charge < -0.3 is 24.8 Å². The Bertz CT molecular complexity index is 1320. The first-order valence-electron chi connectivity index (χ1n) is 11.9. The van der Waals surface area contributed by atoms with Crippen LogP contribution >= 0.6 is 0 Å². The fourth-order valence-electron chi connectivity index (χ4n) is 4.71. The second-order valence-corrected chi connectivity index (χ2v) is 8.86. The number of carbonyl (C=O) groups is 1. The molecule has 184 valence electrons. The number of amides is 1. The molecule has 1 atom stereocenters. The molecule has 0 spiro atoms. The van der Waals surface area contributed by atoms with Gasteiger partial charge in [-0.2, -0.15) is 4.99 Å². The van der Waals surface area contributed by atoms with Crippen LogP contribution in [0.5, 0.6) is 11.5 Å². The maximum atomic E-state index is 12.9. The number of methoxy groups -OCH3 is 1. The summed E-state index contributed by atoms with van der Waals surface area (Å²) in [6.07, 6.45) is 3.38. The molecule has 35 heavy (non-hydrogen) atoms. The quantitative estimate of drug-likeness (QED) is 0.528. The minimum atomic E-state index is -0.607. The fourth-order valence-corrected chi connectivity index (χ4v) is 4.71. The normalized spacial score (nSPS) is 16.8. The molecule has 5 rings (SSSR count). The highest BCUT2D eigenvalue weighted by Gasteiger charge is 2.22. The molecule has 4 heterocycles. The standard InChI is InChI=1S/C25H30N6O4/c1-16-18(6-5-9-26-16)24(33)29-25-28-21-19(23-27-10-13-31(23)25)7-8-20(22(21)34-2)35-15-17(32)14-30-11-3-4-12-30/h5-9,17,27,32H,3-4,10-15H2,1-2H3/t17-/m0/s1. The largest absolute Gasteiger partial charge is 0.491 e. The third-order valence-electron chi connectivity index (χ3n) is 6.44. The number of ether oxygens (including phenoxy) is 2. The molecule has 0 saturated carbocycles. The second kappa shape index (κ2) is 10.0. The molecule has 3 aromatic rings. The molecular formula is C25H30N6O4. The van der Waals surface area contributed by atoms with Crippen LogP contribution in [0.4, 0.5) is 5.82 Å². The van der Waals surface area contributed by atoms with Crippen molar-refractivity contribution in [3.05, 3.63) is 47.3 Å². The van der Waals surface area contributed by atoms with E-state index in [1.54, 1.807) is 32.4 Å². The van der Waals surface area contributed by atoms with Gasteiger partial charge in [0.1, 0.15) is 24.0 Å². The maximum absolute atomic E-state index is 12.9. The van der Waals surface area contributed by atoms with E-state index >= 15 is 0 Å². The van der Waals surface area contributed by atoms with E-state index in [1.165, 1.54) is 12.8 Å². The number of rotatable bonds is 7. The predicted molar refractivity (Wildman–Crippen MR) is 131 cm³/mol. The maximum Gasteiger partial charge on any atom is 0.282 e. The molecule has 1 fully saturated rings. The van der Waals surface area contributed by atoms with Gasteiger partial charge in [-0.3, -0.25) is 14.3 Å². The number of β-amino-alcohol motifs (C(OH)–C–C–N with tert-alkyl or cyclic N) is 1. The third kappa shape index (κ3) is 4.71. The first-order valence-corrected chi connectivity index (χ1v) is 11.9. The zero-order valence-electron chi connectivity index (χ0n) is 20.0. The molecule has 0 unspecified atom stereocenters. The van der Waals surface area contributed by atoms with Crippen LogP contribution in [0.3, 0.4) is 0 Å². The molecule has 0 aliphatic carbocycles. The molecule has 2 N–H and O–H groups in total. The van der Waals surface area contributed by atoms with Gasteiger partial charge in [0.15, 0.2) is 11.5 Å². The number of fused-ring (bicyclic) bond motifs is 3. The van der Waals surface area contributed by atoms with Gasteiger partial charge >= 0.3 is 0 Å². The highest BCUT2D eigenvalue weighted by molar-refractivity contribution is 5.97. The van der Waals surface area contributed by atoms with Crippen molar-refractivity contribution in [3.8, 4) is 11.5 Å². The Morgan fingerprint density at radius 3 is 2.86 bits per heavy atom. The summed E-state index contributed by atoms with van der Waals surface area (Å²) in [7, 11) is 1.55. The third-order valence-corrected chi connectivity index (χ3v) is 6.44. The number of carbonyl (C=O) groups excluding carboxylic acids is 1. The van der Waals surface area contributed by atoms with Gasteiger partial charge in [0, 0.05) is 31.2 Å². The lowest BCUT2D eigenvalue weighted by molar-refractivity contribution is 0.0748. The van der Waals surface area contributed by atoms with Crippen molar-refractivity contribution in [1.29, 1.82) is 0 Å². The van der Waals surface area contributed by atoms with Gasteiger partial charge in [0.2, 0.25) is 5.62 Å². The molecule has 0 bridgehead atoms. The number of aryl methyl sites for hydroxylation is 1. The van der Waals surface area contributed by atoms with Gasteiger partial charge in [-0.05, 0) is 57.1 Å². The summed E-state index contributed by atoms with van der Waals surface area (Å²) in [6.45, 7) is 5.87. The predicted octanol–water partition coefficient (Wildman–Crippen LogP) is 1.75. The molecule has 1 amide bonds. The zero-order valence-corrected chi connectivity index (χ0v) is 20.0. The van der Waals surface area contributed by atoms with Crippen molar-refractivity contribution in [1.82, 2.24) is 19.4 Å². The minimum Gasteiger partial charge on any atom is -0.491 e. The minimum absolute atomic E-state index is 0.145. The first kappa shape index (κ1) is 23.3. The van der Waals surface area contributed by atoms with Crippen LogP contribution < -0.4 is 20.4 Å². The van der Waals surface area contributed by atoms with Crippen molar-refractivity contribution >= 4 is 22.6 Å². The lowest BCUT2D eigenvalue weighted by Crippen LogP contribution is -2.33. The Hall–Kier alpha value is -3.50. The molecule has 2 aliphatic heterocycles. The number of hydrogen-bond acceptors (Lipinski definition) is 8. The molecule has 2 aromatic heterocycles. The van der Waals surface area contributed by atoms with Gasteiger partial charge in [0.05, 0.1) is 18.4 Å². The van der Waals surface area contributed by atoms with Crippen LogP contribution in [0.2, 0.25) is 0 Å². The van der Waals surface area contributed by atoms with Gasteiger partial charge in [-0.1, -0.05) is 0 Å². The molecular weight excluding hydrogens is 448 g/mol. The molecule has 1 aromatic carbocycles. The fraction of sp³-hybridized carbons (Fsp3) is 0.440. The van der Waals surface area contributed by atoms with Crippen LogP contribution in [0, 0.1) is 6.92 Å². The van der Waals surface area contributed by atoms with Crippen molar-refractivity contribution in [3.63, 3.8) is 0 Å². The SMILES string of the molecule is COc1c(OC[C@@H](O)CN2CCCC2)ccc2c3n(c(=NC(=O)c4cccnc4C)nc12)CCN3. The Morgan fingerprint density at radius 1 is 1.26 bits per heavy atom. The van der Waals surface area contributed by atoms with Gasteiger partial charge in [-0.15, -0.1) is 0 Å². The van der Waals surface area contributed by atoms with Crippen LogP contribution in [0.15, 0.2) is 35.5 Å². The van der Waals surface area contributed by atoms with E-state index in [-0.39, 0.29) is 12.2 Å². The topological polar surface area (TPSA) is 114 Å². The number of benzene rings is 1.